The fourth-order valence-corrected chi connectivity index (χ4v) is 4.35. The SMILES string of the molecule is COCCN(CCOC)S(=O)(=O)c1ccc(C(=O)N2CCC(N)CC2)cc1.Cl. The average Bonchev–Trinajstić information content (AvgIpc) is 2.68. The molecule has 10 heteroatoms. The van der Waals surface area contributed by atoms with Gasteiger partial charge in [-0.05, 0) is 37.1 Å². The molecular weight excluding hydrogens is 406 g/mol. The quantitative estimate of drug-likeness (QED) is 0.619. The summed E-state index contributed by atoms with van der Waals surface area (Å²) < 4.78 is 37.1. The monoisotopic (exact) mass is 435 g/mol. The maximum absolute atomic E-state index is 12.9. The Bertz CT molecular complexity index is 698. The minimum absolute atomic E-state index is 0. The van der Waals surface area contributed by atoms with Crippen LogP contribution >= 0.6 is 12.4 Å². The van der Waals surface area contributed by atoms with Crippen molar-refractivity contribution in [3.05, 3.63) is 29.8 Å². The molecule has 2 rings (SSSR count). The standard InChI is InChI=1S/C18H29N3O5S.ClH/c1-25-13-11-21(12-14-26-2)27(23,24)17-5-3-15(4-6-17)18(22)20-9-7-16(19)8-10-20;/h3-6,16H,7-14,19H2,1-2H3;1H. The summed E-state index contributed by atoms with van der Waals surface area (Å²) in [6.07, 6.45) is 1.57. The van der Waals surface area contributed by atoms with Crippen LogP contribution in [0.4, 0.5) is 0 Å². The molecule has 1 saturated heterocycles. The number of hydrogen-bond donors (Lipinski definition) is 1. The van der Waals surface area contributed by atoms with Gasteiger partial charge >= 0.3 is 0 Å². The van der Waals surface area contributed by atoms with E-state index in [-0.39, 0.29) is 55.6 Å². The van der Waals surface area contributed by atoms with Gasteiger partial charge in [0, 0.05) is 52.0 Å². The number of hydrogen-bond acceptors (Lipinski definition) is 6. The zero-order chi connectivity index (χ0) is 19.9. The Balaban J connectivity index is 0.00000392. The van der Waals surface area contributed by atoms with E-state index in [9.17, 15) is 13.2 Å². The molecule has 0 atom stereocenters. The minimum Gasteiger partial charge on any atom is -0.383 e. The molecule has 8 nitrogen and oxygen atoms in total. The maximum atomic E-state index is 12.9. The molecule has 0 unspecified atom stereocenters. The number of piperidine rings is 1. The second-order valence-electron chi connectivity index (χ2n) is 6.54. The fourth-order valence-electron chi connectivity index (χ4n) is 2.94. The number of benzene rings is 1. The first-order valence-electron chi connectivity index (χ1n) is 9.03. The normalized spacial score (nSPS) is 15.5. The molecule has 0 radical (unpaired) electrons. The average molecular weight is 436 g/mol. The van der Waals surface area contributed by atoms with E-state index in [0.717, 1.165) is 12.8 Å². The first kappa shape index (κ1) is 24.8. The Morgan fingerprint density at radius 2 is 1.61 bits per heavy atom. The van der Waals surface area contributed by atoms with E-state index in [1.165, 1.54) is 30.7 Å². The molecule has 1 fully saturated rings. The van der Waals surface area contributed by atoms with E-state index in [0.29, 0.717) is 18.7 Å². The van der Waals surface area contributed by atoms with Crippen LogP contribution in [0.1, 0.15) is 23.2 Å². The number of sulfonamides is 1. The van der Waals surface area contributed by atoms with Gasteiger partial charge in [0.15, 0.2) is 0 Å². The van der Waals surface area contributed by atoms with Crippen molar-refractivity contribution in [3.8, 4) is 0 Å². The molecular formula is C18H30ClN3O5S. The van der Waals surface area contributed by atoms with Crippen LogP contribution in [0, 0.1) is 0 Å². The van der Waals surface area contributed by atoms with Crippen molar-refractivity contribution < 1.29 is 22.7 Å². The minimum atomic E-state index is -3.69. The summed E-state index contributed by atoms with van der Waals surface area (Å²) in [5.74, 6) is -0.0959. The Morgan fingerprint density at radius 3 is 2.07 bits per heavy atom. The molecule has 28 heavy (non-hydrogen) atoms. The van der Waals surface area contributed by atoms with Crippen molar-refractivity contribution in [1.29, 1.82) is 0 Å². The van der Waals surface area contributed by atoms with Gasteiger partial charge in [-0.2, -0.15) is 4.31 Å². The predicted molar refractivity (Wildman–Crippen MR) is 109 cm³/mol. The molecule has 1 aliphatic rings. The lowest BCUT2D eigenvalue weighted by Gasteiger charge is -2.30. The lowest BCUT2D eigenvalue weighted by Crippen LogP contribution is -2.42. The molecule has 1 amide bonds. The van der Waals surface area contributed by atoms with Crippen LogP contribution in [0.3, 0.4) is 0 Å². The summed E-state index contributed by atoms with van der Waals surface area (Å²) in [4.78, 5) is 14.5. The van der Waals surface area contributed by atoms with Crippen molar-refractivity contribution >= 4 is 28.3 Å². The third-order valence-electron chi connectivity index (χ3n) is 4.66. The van der Waals surface area contributed by atoms with Crippen LogP contribution in [-0.4, -0.2) is 83.2 Å². The van der Waals surface area contributed by atoms with Crippen molar-refractivity contribution in [2.75, 3.05) is 53.6 Å². The first-order chi connectivity index (χ1) is 12.9. The summed E-state index contributed by atoms with van der Waals surface area (Å²) in [7, 11) is -0.643. The number of amides is 1. The van der Waals surface area contributed by atoms with Gasteiger partial charge in [0.25, 0.3) is 5.91 Å². The highest BCUT2D eigenvalue weighted by Crippen LogP contribution is 2.18. The highest BCUT2D eigenvalue weighted by molar-refractivity contribution is 7.89. The highest BCUT2D eigenvalue weighted by atomic mass is 35.5. The van der Waals surface area contributed by atoms with Gasteiger partial charge in [-0.25, -0.2) is 8.42 Å². The van der Waals surface area contributed by atoms with Crippen LogP contribution in [0.5, 0.6) is 0 Å². The van der Waals surface area contributed by atoms with Crippen LogP contribution in [0.25, 0.3) is 0 Å². The smallest absolute Gasteiger partial charge is 0.253 e. The van der Waals surface area contributed by atoms with Gasteiger partial charge in [0.1, 0.15) is 0 Å². The van der Waals surface area contributed by atoms with Gasteiger partial charge < -0.3 is 20.1 Å². The Hall–Kier alpha value is -1.23. The van der Waals surface area contributed by atoms with Crippen molar-refractivity contribution in [2.45, 2.75) is 23.8 Å². The number of carbonyl (C=O) groups excluding carboxylic acids is 1. The summed E-state index contributed by atoms with van der Waals surface area (Å²) in [5.41, 5.74) is 6.35. The summed E-state index contributed by atoms with van der Waals surface area (Å²) >= 11 is 0. The number of likely N-dealkylation sites (tertiary alicyclic amines) is 1. The third-order valence-corrected chi connectivity index (χ3v) is 6.57. The summed E-state index contributed by atoms with van der Waals surface area (Å²) in [6, 6.07) is 6.23. The topological polar surface area (TPSA) is 102 Å². The molecule has 0 bridgehead atoms. The van der Waals surface area contributed by atoms with E-state index in [2.05, 4.69) is 0 Å². The zero-order valence-corrected chi connectivity index (χ0v) is 18.0. The number of methoxy groups -OCH3 is 2. The van der Waals surface area contributed by atoms with Crippen LogP contribution in [0.15, 0.2) is 29.2 Å². The second kappa shape index (κ2) is 11.7. The van der Waals surface area contributed by atoms with E-state index in [1.807, 2.05) is 0 Å². The summed E-state index contributed by atoms with van der Waals surface area (Å²) in [5, 5.41) is 0. The van der Waals surface area contributed by atoms with Crippen molar-refractivity contribution in [1.82, 2.24) is 9.21 Å². The molecule has 1 aromatic carbocycles. The number of halogens is 1. The first-order valence-corrected chi connectivity index (χ1v) is 10.5. The number of ether oxygens (including phenoxy) is 2. The largest absolute Gasteiger partial charge is 0.383 e. The molecule has 1 aliphatic heterocycles. The van der Waals surface area contributed by atoms with Gasteiger partial charge in [-0.15, -0.1) is 12.4 Å². The van der Waals surface area contributed by atoms with Gasteiger partial charge in [-0.1, -0.05) is 0 Å². The maximum Gasteiger partial charge on any atom is 0.253 e. The Labute approximate surface area is 173 Å². The molecule has 160 valence electrons. The van der Waals surface area contributed by atoms with Gasteiger partial charge in [0.2, 0.25) is 10.0 Å². The van der Waals surface area contributed by atoms with Crippen LogP contribution in [0.2, 0.25) is 0 Å². The third kappa shape index (κ3) is 6.40. The van der Waals surface area contributed by atoms with Crippen molar-refractivity contribution in [3.63, 3.8) is 0 Å². The molecule has 0 aromatic heterocycles. The molecule has 0 spiro atoms. The Morgan fingerprint density at radius 1 is 1.11 bits per heavy atom. The van der Waals surface area contributed by atoms with E-state index in [1.54, 1.807) is 17.0 Å². The molecule has 1 heterocycles. The lowest BCUT2D eigenvalue weighted by atomic mass is 10.1. The summed E-state index contributed by atoms with van der Waals surface area (Å²) in [6.45, 7) is 2.30. The lowest BCUT2D eigenvalue weighted by molar-refractivity contribution is 0.0714. The van der Waals surface area contributed by atoms with Crippen LogP contribution < -0.4 is 5.73 Å². The number of nitrogens with zero attached hydrogens (tertiary/aromatic N) is 2. The molecule has 1 aromatic rings. The highest BCUT2D eigenvalue weighted by Gasteiger charge is 2.25. The number of nitrogens with two attached hydrogens (primary N) is 1. The van der Waals surface area contributed by atoms with E-state index >= 15 is 0 Å². The van der Waals surface area contributed by atoms with Gasteiger partial charge in [-0.3, -0.25) is 4.79 Å². The fraction of sp³-hybridized carbons (Fsp3) is 0.611. The molecule has 2 N–H and O–H groups in total. The molecule has 0 saturated carbocycles. The molecule has 0 aliphatic carbocycles. The second-order valence-corrected chi connectivity index (χ2v) is 8.48. The predicted octanol–water partition coefficient (Wildman–Crippen LogP) is 0.955. The van der Waals surface area contributed by atoms with E-state index < -0.39 is 10.0 Å². The zero-order valence-electron chi connectivity index (χ0n) is 16.4. The van der Waals surface area contributed by atoms with Gasteiger partial charge in [0.05, 0.1) is 18.1 Å². The number of carbonyl (C=O) groups is 1. The van der Waals surface area contributed by atoms with E-state index in [4.69, 9.17) is 15.2 Å². The van der Waals surface area contributed by atoms with Crippen LogP contribution in [-0.2, 0) is 19.5 Å². The van der Waals surface area contributed by atoms with Crippen molar-refractivity contribution in [2.24, 2.45) is 5.73 Å². The number of rotatable bonds is 9. The Kier molecular flexibility index (Phi) is 10.4.